The fourth-order valence-corrected chi connectivity index (χ4v) is 0.401. The molecule has 0 unspecified atom stereocenters. The second-order valence-electron chi connectivity index (χ2n) is 1.53. The monoisotopic (exact) mass is 144 g/mol. The Hall–Kier alpha value is -1.06. The van der Waals surface area contributed by atoms with Crippen LogP contribution in [0.2, 0.25) is 0 Å². The molecule has 3 radical (unpaired) electrons. The number of hydrogen-bond acceptors (Lipinski definition) is 1. The zero-order valence-electron chi connectivity index (χ0n) is 4.66. The number of alkyl halides is 3. The summed E-state index contributed by atoms with van der Waals surface area (Å²) in [6, 6.07) is 3.83. The van der Waals surface area contributed by atoms with Crippen molar-refractivity contribution >= 4 is 0 Å². The van der Waals surface area contributed by atoms with Gasteiger partial charge in [0.2, 0.25) is 0 Å². The molecule has 0 saturated carbocycles. The van der Waals surface area contributed by atoms with Gasteiger partial charge in [-0.25, -0.2) is 0 Å². The predicted molar refractivity (Wildman–Crippen MR) is 25.7 cm³/mol. The molecule has 4 heteroatoms. The van der Waals surface area contributed by atoms with E-state index in [4.69, 9.17) is 0 Å². The predicted octanol–water partition coefficient (Wildman–Crippen LogP) is 1.50. The Bertz CT molecular complexity index is 204. The van der Waals surface area contributed by atoms with Crippen LogP contribution in [0.5, 0.6) is 0 Å². The Morgan fingerprint density at radius 3 is 2.40 bits per heavy atom. The Morgan fingerprint density at radius 2 is 2.10 bits per heavy atom. The van der Waals surface area contributed by atoms with E-state index in [1.54, 1.807) is 0 Å². The maximum Gasteiger partial charge on any atom is 0.418 e. The van der Waals surface area contributed by atoms with Crippen molar-refractivity contribution in [2.75, 3.05) is 0 Å². The van der Waals surface area contributed by atoms with E-state index in [2.05, 4.69) is 11.2 Å². The highest BCUT2D eigenvalue weighted by atomic mass is 19.4. The van der Waals surface area contributed by atoms with Gasteiger partial charge in [-0.05, 0) is 0 Å². The molecule has 1 rings (SSSR count). The minimum atomic E-state index is -4.38. The summed E-state index contributed by atoms with van der Waals surface area (Å²) in [5.41, 5.74) is -0.925. The quantitative estimate of drug-likeness (QED) is 0.537. The number of nitrogens with zero attached hydrogens (tertiary/aromatic N) is 1. The van der Waals surface area contributed by atoms with Gasteiger partial charge in [-0.3, -0.25) is 4.98 Å². The van der Waals surface area contributed by atoms with E-state index < -0.39 is 11.7 Å². The zero-order valence-corrected chi connectivity index (χ0v) is 4.66. The van der Waals surface area contributed by atoms with Gasteiger partial charge in [0, 0.05) is 18.3 Å². The van der Waals surface area contributed by atoms with E-state index >= 15 is 0 Å². The molecule has 1 heterocycles. The van der Waals surface area contributed by atoms with Gasteiger partial charge < -0.3 is 0 Å². The molecule has 0 saturated heterocycles. The number of rotatable bonds is 0. The van der Waals surface area contributed by atoms with Crippen LogP contribution in [0.3, 0.4) is 0 Å². The number of pyridine rings is 1. The number of aromatic nitrogens is 1. The molecule has 0 atom stereocenters. The standard InChI is InChI=1S/C6HF3N/c7-6(8,9)5-2-1-3-10-4-5/h4H. The molecule has 1 aromatic heterocycles. The number of halogens is 3. The SMILES string of the molecule is FC(F)(F)c1[c][c][c]nc1. The maximum absolute atomic E-state index is 11.7. The van der Waals surface area contributed by atoms with Gasteiger partial charge in [0.15, 0.2) is 0 Å². The van der Waals surface area contributed by atoms with Crippen LogP contribution in [-0.2, 0) is 6.18 Å². The first-order valence-electron chi connectivity index (χ1n) is 2.34. The summed E-state index contributed by atoms with van der Waals surface area (Å²) in [7, 11) is 0. The molecular formula is C6HF3N. The molecule has 0 amide bonds. The van der Waals surface area contributed by atoms with Crippen LogP contribution in [0.1, 0.15) is 5.56 Å². The summed E-state index contributed by atoms with van der Waals surface area (Å²) in [6.07, 6.45) is -1.65. The van der Waals surface area contributed by atoms with Crippen LogP contribution < -0.4 is 0 Å². The second-order valence-corrected chi connectivity index (χ2v) is 1.53. The van der Waals surface area contributed by atoms with Crippen LogP contribution in [0.25, 0.3) is 0 Å². The van der Waals surface area contributed by atoms with Gasteiger partial charge >= 0.3 is 6.18 Å². The fourth-order valence-electron chi connectivity index (χ4n) is 0.401. The van der Waals surface area contributed by atoms with Gasteiger partial charge in [0.05, 0.1) is 11.8 Å². The smallest absolute Gasteiger partial charge is 0.253 e. The van der Waals surface area contributed by atoms with Crippen molar-refractivity contribution in [2.45, 2.75) is 6.18 Å². The van der Waals surface area contributed by atoms with Crippen molar-refractivity contribution in [1.29, 1.82) is 0 Å². The molecule has 1 aromatic rings. The van der Waals surface area contributed by atoms with Crippen molar-refractivity contribution in [3.05, 3.63) is 30.1 Å². The molecule has 0 aliphatic rings. The molecule has 51 valence electrons. The lowest BCUT2D eigenvalue weighted by Crippen LogP contribution is -2.04. The molecule has 0 bridgehead atoms. The zero-order chi connectivity index (χ0) is 7.61. The summed E-state index contributed by atoms with van der Waals surface area (Å²) in [4.78, 5) is 3.12. The van der Waals surface area contributed by atoms with Gasteiger partial charge in [0.25, 0.3) is 0 Å². The Balaban J connectivity index is 2.97. The summed E-state index contributed by atoms with van der Waals surface area (Å²) >= 11 is 0. The largest absolute Gasteiger partial charge is 0.418 e. The van der Waals surface area contributed by atoms with Gasteiger partial charge in [0.1, 0.15) is 0 Å². The minimum absolute atomic E-state index is 0.649. The average Bonchev–Trinajstić information content (AvgIpc) is 1.88. The second kappa shape index (κ2) is 2.28. The van der Waals surface area contributed by atoms with E-state index in [1.807, 2.05) is 12.1 Å². The van der Waals surface area contributed by atoms with Crippen LogP contribution >= 0.6 is 0 Å². The highest BCUT2D eigenvalue weighted by molar-refractivity contribution is 5.08. The molecule has 1 nitrogen and oxygen atoms in total. The average molecular weight is 144 g/mol. The van der Waals surface area contributed by atoms with Gasteiger partial charge in [-0.1, -0.05) is 0 Å². The van der Waals surface area contributed by atoms with E-state index in [9.17, 15) is 13.2 Å². The third kappa shape index (κ3) is 1.46. The molecule has 10 heavy (non-hydrogen) atoms. The van der Waals surface area contributed by atoms with E-state index in [0.717, 1.165) is 0 Å². The van der Waals surface area contributed by atoms with E-state index in [-0.39, 0.29) is 0 Å². The first kappa shape index (κ1) is 7.05. The third-order valence-corrected chi connectivity index (χ3v) is 0.817. The van der Waals surface area contributed by atoms with Crippen LogP contribution in [0.4, 0.5) is 13.2 Å². The van der Waals surface area contributed by atoms with Crippen LogP contribution in [-0.4, -0.2) is 4.98 Å². The Morgan fingerprint density at radius 1 is 1.40 bits per heavy atom. The Kier molecular flexibility index (Phi) is 1.61. The lowest BCUT2D eigenvalue weighted by atomic mass is 10.3. The van der Waals surface area contributed by atoms with Crippen molar-refractivity contribution < 1.29 is 13.2 Å². The van der Waals surface area contributed by atoms with Crippen LogP contribution in [0.15, 0.2) is 6.20 Å². The fraction of sp³-hybridized carbons (Fsp3) is 0.167. The van der Waals surface area contributed by atoms with Gasteiger partial charge in [-0.2, -0.15) is 13.2 Å². The highest BCUT2D eigenvalue weighted by Crippen LogP contribution is 2.27. The summed E-state index contributed by atoms with van der Waals surface area (Å²) in [5.74, 6) is 0. The summed E-state index contributed by atoms with van der Waals surface area (Å²) in [6.45, 7) is 0. The summed E-state index contributed by atoms with van der Waals surface area (Å²) in [5, 5.41) is 0. The molecular weight excluding hydrogens is 143 g/mol. The first-order chi connectivity index (χ1) is 4.61. The van der Waals surface area contributed by atoms with Crippen molar-refractivity contribution in [3.8, 4) is 0 Å². The highest BCUT2D eigenvalue weighted by Gasteiger charge is 2.30. The molecule has 0 N–H and O–H groups in total. The lowest BCUT2D eigenvalue weighted by Gasteiger charge is -2.02. The van der Waals surface area contributed by atoms with E-state index in [0.29, 0.717) is 6.20 Å². The topological polar surface area (TPSA) is 12.9 Å². The minimum Gasteiger partial charge on any atom is -0.253 e. The third-order valence-electron chi connectivity index (χ3n) is 0.817. The van der Waals surface area contributed by atoms with Gasteiger partial charge in [-0.15, -0.1) is 0 Å². The summed E-state index contributed by atoms with van der Waals surface area (Å²) < 4.78 is 35.0. The molecule has 0 aliphatic carbocycles. The molecule has 0 aliphatic heterocycles. The molecule has 0 spiro atoms. The van der Waals surface area contributed by atoms with Crippen molar-refractivity contribution in [1.82, 2.24) is 4.98 Å². The number of hydrogen-bond donors (Lipinski definition) is 0. The maximum atomic E-state index is 11.7. The van der Waals surface area contributed by atoms with Crippen LogP contribution in [0, 0.1) is 18.3 Å². The Labute approximate surface area is 55.5 Å². The first-order valence-corrected chi connectivity index (χ1v) is 2.34. The van der Waals surface area contributed by atoms with Crippen molar-refractivity contribution in [2.24, 2.45) is 0 Å². The van der Waals surface area contributed by atoms with Crippen molar-refractivity contribution in [3.63, 3.8) is 0 Å². The molecule has 0 aromatic carbocycles. The normalized spacial score (nSPS) is 11.5. The lowest BCUT2D eigenvalue weighted by molar-refractivity contribution is -0.138. The molecule has 0 fully saturated rings. The van der Waals surface area contributed by atoms with E-state index in [1.165, 1.54) is 0 Å².